The summed E-state index contributed by atoms with van der Waals surface area (Å²) in [7, 11) is 0. The molecule has 0 amide bonds. The number of alkyl halides is 1. The van der Waals surface area contributed by atoms with E-state index < -0.39 is 11.3 Å². The highest BCUT2D eigenvalue weighted by molar-refractivity contribution is 6.30. The molecule has 0 fully saturated rings. The smallest absolute Gasteiger partial charge is 0.325 e. The van der Waals surface area contributed by atoms with E-state index in [9.17, 15) is 4.79 Å². The lowest BCUT2D eigenvalue weighted by molar-refractivity contribution is -0.142. The van der Waals surface area contributed by atoms with Crippen LogP contribution in [0.15, 0.2) is 0 Å². The van der Waals surface area contributed by atoms with Crippen LogP contribution >= 0.6 is 11.6 Å². The molecule has 0 aliphatic carbocycles. The average Bonchev–Trinajstić information content (AvgIpc) is 1.87. The lowest BCUT2D eigenvalue weighted by atomic mass is 10.2. The molecule has 0 spiro atoms. The summed E-state index contributed by atoms with van der Waals surface area (Å²) < 4.78 is 4.61. The maximum Gasteiger partial charge on any atom is 0.325 e. The molecule has 0 saturated carbocycles. The van der Waals surface area contributed by atoms with Gasteiger partial charge >= 0.3 is 5.97 Å². The van der Waals surface area contributed by atoms with Gasteiger partial charge in [0.25, 0.3) is 0 Å². The third-order valence-electron chi connectivity index (χ3n) is 0.973. The van der Waals surface area contributed by atoms with Crippen LogP contribution in [0.5, 0.6) is 0 Å². The number of halogens is 1. The van der Waals surface area contributed by atoms with E-state index in [1.54, 1.807) is 13.8 Å². The van der Waals surface area contributed by atoms with E-state index in [-0.39, 0.29) is 6.04 Å². The maximum atomic E-state index is 10.8. The van der Waals surface area contributed by atoms with Crippen molar-refractivity contribution in [1.82, 2.24) is 0 Å². The first-order chi connectivity index (χ1) is 4.59. The minimum atomic E-state index is -0.722. The fourth-order valence-electron chi connectivity index (χ4n) is 0.437. The second-order valence-electron chi connectivity index (χ2n) is 2.01. The van der Waals surface area contributed by atoms with Gasteiger partial charge in [0.15, 0.2) is 0 Å². The summed E-state index contributed by atoms with van der Waals surface area (Å²) >= 11 is 5.55. The number of esters is 1. The molecule has 0 saturated heterocycles. The highest BCUT2D eigenvalue weighted by Gasteiger charge is 2.20. The summed E-state index contributed by atoms with van der Waals surface area (Å²) in [6, 6.07) is -0.360. The molecule has 0 aromatic heterocycles. The van der Waals surface area contributed by atoms with Gasteiger partial charge in [-0.3, -0.25) is 4.79 Å². The molecule has 0 bridgehead atoms. The minimum Gasteiger partial charge on any atom is -0.465 e. The Hall–Kier alpha value is -0.280. The largest absolute Gasteiger partial charge is 0.465 e. The predicted octanol–water partition coefficient (Wildman–Crippen LogP) is 0.504. The molecule has 2 atom stereocenters. The summed E-state index contributed by atoms with van der Waals surface area (Å²) in [5.41, 5.74) is 5.33. The molecule has 4 heteroatoms. The van der Waals surface area contributed by atoms with Crippen LogP contribution in [0.25, 0.3) is 0 Å². The van der Waals surface area contributed by atoms with E-state index in [2.05, 4.69) is 4.74 Å². The Balaban J connectivity index is 3.71. The van der Waals surface area contributed by atoms with Crippen LogP contribution in [0.3, 0.4) is 0 Å². The first kappa shape index (κ1) is 9.72. The molecule has 0 rings (SSSR count). The number of nitrogens with two attached hydrogens (primary N) is 1. The van der Waals surface area contributed by atoms with Crippen molar-refractivity contribution in [3.8, 4) is 0 Å². The van der Waals surface area contributed by atoms with Crippen LogP contribution in [-0.4, -0.2) is 24.0 Å². The van der Waals surface area contributed by atoms with Crippen LogP contribution in [0, 0.1) is 0 Å². The summed E-state index contributed by atoms with van der Waals surface area (Å²) in [6.07, 6.45) is 0. The van der Waals surface area contributed by atoms with E-state index in [1.807, 2.05) is 0 Å². The fraction of sp³-hybridized carbons (Fsp3) is 0.833. The van der Waals surface area contributed by atoms with Crippen molar-refractivity contribution in [3.63, 3.8) is 0 Å². The van der Waals surface area contributed by atoms with Gasteiger partial charge in [-0.15, -0.1) is 11.6 Å². The van der Waals surface area contributed by atoms with Crippen molar-refractivity contribution in [2.75, 3.05) is 6.61 Å². The van der Waals surface area contributed by atoms with E-state index in [0.717, 1.165) is 0 Å². The molecule has 2 N–H and O–H groups in total. The van der Waals surface area contributed by atoms with Crippen molar-refractivity contribution in [1.29, 1.82) is 0 Å². The van der Waals surface area contributed by atoms with Gasteiger partial charge in [-0.1, -0.05) is 0 Å². The van der Waals surface area contributed by atoms with Crippen molar-refractivity contribution in [2.24, 2.45) is 5.73 Å². The molecule has 0 aliphatic rings. The number of carbonyl (C=O) groups excluding carboxylic acids is 1. The summed E-state index contributed by atoms with van der Waals surface area (Å²) in [5, 5.41) is -0.722. The Bertz CT molecular complexity index is 116. The number of ether oxygens (including phenoxy) is 1. The Labute approximate surface area is 65.5 Å². The SMILES string of the molecule is CCOC(=O)C(Cl)C(C)N. The Kier molecular flexibility index (Phi) is 4.40. The van der Waals surface area contributed by atoms with Gasteiger partial charge in [-0.2, -0.15) is 0 Å². The van der Waals surface area contributed by atoms with E-state index in [0.29, 0.717) is 6.61 Å². The molecule has 0 heterocycles. The lowest BCUT2D eigenvalue weighted by Gasteiger charge is -2.10. The number of rotatable bonds is 3. The standard InChI is InChI=1S/C6H12ClNO2/c1-3-10-6(9)5(7)4(2)8/h4-5H,3,8H2,1-2H3. The Morgan fingerprint density at radius 2 is 2.30 bits per heavy atom. The first-order valence-corrected chi connectivity index (χ1v) is 3.59. The molecule has 0 aliphatic heterocycles. The fourth-order valence-corrected chi connectivity index (χ4v) is 0.500. The van der Waals surface area contributed by atoms with Crippen LogP contribution in [-0.2, 0) is 9.53 Å². The molecular formula is C6H12ClNO2. The van der Waals surface area contributed by atoms with Crippen molar-refractivity contribution in [3.05, 3.63) is 0 Å². The van der Waals surface area contributed by atoms with Crippen LogP contribution in [0.1, 0.15) is 13.8 Å². The molecule has 0 radical (unpaired) electrons. The number of hydrogen-bond acceptors (Lipinski definition) is 3. The van der Waals surface area contributed by atoms with Crippen molar-refractivity contribution in [2.45, 2.75) is 25.3 Å². The number of carbonyl (C=O) groups is 1. The summed E-state index contributed by atoms with van der Waals surface area (Å²) in [4.78, 5) is 10.8. The van der Waals surface area contributed by atoms with Gasteiger partial charge in [0.2, 0.25) is 0 Å². The highest BCUT2D eigenvalue weighted by Crippen LogP contribution is 2.02. The molecule has 10 heavy (non-hydrogen) atoms. The van der Waals surface area contributed by atoms with E-state index in [4.69, 9.17) is 17.3 Å². The van der Waals surface area contributed by atoms with E-state index in [1.165, 1.54) is 0 Å². The van der Waals surface area contributed by atoms with Crippen LogP contribution in [0.2, 0.25) is 0 Å². The van der Waals surface area contributed by atoms with Gasteiger partial charge < -0.3 is 10.5 Å². The van der Waals surface area contributed by atoms with Gasteiger partial charge in [-0.25, -0.2) is 0 Å². The van der Waals surface area contributed by atoms with Gasteiger partial charge in [-0.05, 0) is 13.8 Å². The Morgan fingerprint density at radius 1 is 1.80 bits per heavy atom. The normalized spacial score (nSPS) is 16.0. The summed E-state index contributed by atoms with van der Waals surface area (Å²) in [5.74, 6) is -0.445. The second-order valence-corrected chi connectivity index (χ2v) is 2.48. The van der Waals surface area contributed by atoms with Gasteiger partial charge in [0.05, 0.1) is 6.61 Å². The molecule has 3 nitrogen and oxygen atoms in total. The maximum absolute atomic E-state index is 10.8. The molecule has 0 aromatic carbocycles. The molecule has 2 unspecified atom stereocenters. The zero-order chi connectivity index (χ0) is 8.15. The summed E-state index contributed by atoms with van der Waals surface area (Å²) in [6.45, 7) is 3.73. The number of hydrogen-bond donors (Lipinski definition) is 1. The van der Waals surface area contributed by atoms with Crippen molar-refractivity contribution >= 4 is 17.6 Å². The molecule has 0 aromatic rings. The topological polar surface area (TPSA) is 52.3 Å². The van der Waals surface area contributed by atoms with E-state index >= 15 is 0 Å². The minimum absolute atomic E-state index is 0.342. The van der Waals surface area contributed by atoms with Gasteiger partial charge in [0, 0.05) is 6.04 Å². The quantitative estimate of drug-likeness (QED) is 0.490. The highest BCUT2D eigenvalue weighted by atomic mass is 35.5. The third-order valence-corrected chi connectivity index (χ3v) is 1.55. The van der Waals surface area contributed by atoms with Gasteiger partial charge in [0.1, 0.15) is 5.38 Å². The predicted molar refractivity (Wildman–Crippen MR) is 39.9 cm³/mol. The van der Waals surface area contributed by atoms with Crippen LogP contribution < -0.4 is 5.73 Å². The molecule has 60 valence electrons. The van der Waals surface area contributed by atoms with Crippen molar-refractivity contribution < 1.29 is 9.53 Å². The zero-order valence-corrected chi connectivity index (χ0v) is 6.89. The monoisotopic (exact) mass is 165 g/mol. The van der Waals surface area contributed by atoms with Crippen LogP contribution in [0.4, 0.5) is 0 Å². The lowest BCUT2D eigenvalue weighted by Crippen LogP contribution is -2.35. The average molecular weight is 166 g/mol. The Morgan fingerprint density at radius 3 is 2.60 bits per heavy atom. The first-order valence-electron chi connectivity index (χ1n) is 3.15. The second kappa shape index (κ2) is 4.52. The third kappa shape index (κ3) is 3.03. The zero-order valence-electron chi connectivity index (χ0n) is 6.13. The molecular weight excluding hydrogens is 154 g/mol.